The topological polar surface area (TPSA) is 32.7 Å². The molecule has 0 aromatic rings. The first kappa shape index (κ1) is 10.1. The number of rotatable bonds is 3. The van der Waals surface area contributed by atoms with Crippen LogP contribution >= 0.6 is 0 Å². The summed E-state index contributed by atoms with van der Waals surface area (Å²) in [5, 5.41) is 9.17. The van der Waals surface area contributed by atoms with Crippen LogP contribution in [0.4, 0.5) is 0 Å². The van der Waals surface area contributed by atoms with Crippen molar-refractivity contribution in [2.45, 2.75) is 25.3 Å². The number of likely N-dealkylation sites (tertiary alicyclic amines) is 1. The van der Waals surface area contributed by atoms with E-state index in [0.717, 1.165) is 39.1 Å². The van der Waals surface area contributed by atoms with Gasteiger partial charge in [0.2, 0.25) is 0 Å². The highest BCUT2D eigenvalue weighted by molar-refractivity contribution is 5.08. The lowest BCUT2D eigenvalue weighted by molar-refractivity contribution is 0.130. The molecule has 0 saturated carbocycles. The average Bonchev–Trinajstić information content (AvgIpc) is 2.67. The van der Waals surface area contributed by atoms with E-state index < -0.39 is 0 Å². The fourth-order valence-electron chi connectivity index (χ4n) is 2.29. The highest BCUT2D eigenvalue weighted by Gasteiger charge is 2.24. The van der Waals surface area contributed by atoms with Crippen LogP contribution in [-0.4, -0.2) is 49.0 Å². The number of hydrogen-bond donors (Lipinski definition) is 1. The zero-order chi connectivity index (χ0) is 9.80. The summed E-state index contributed by atoms with van der Waals surface area (Å²) in [7, 11) is 0. The van der Waals surface area contributed by atoms with E-state index >= 15 is 0 Å². The Morgan fingerprint density at radius 2 is 2.50 bits per heavy atom. The summed E-state index contributed by atoms with van der Waals surface area (Å²) in [6, 6.07) is 0.387. The Balaban J connectivity index is 1.86. The lowest BCUT2D eigenvalue weighted by atomic mass is 10.1. The average molecular weight is 197 g/mol. The van der Waals surface area contributed by atoms with Crippen molar-refractivity contribution in [1.82, 2.24) is 4.90 Å². The molecule has 1 saturated heterocycles. The molecule has 0 bridgehead atoms. The molecule has 2 aliphatic rings. The minimum absolute atomic E-state index is 0.300. The maximum absolute atomic E-state index is 9.17. The number of aliphatic hydroxyl groups excluding tert-OH is 1. The predicted molar refractivity (Wildman–Crippen MR) is 55.2 cm³/mol. The van der Waals surface area contributed by atoms with Crippen molar-refractivity contribution in [3.05, 3.63) is 11.6 Å². The molecule has 3 heteroatoms. The third-order valence-electron chi connectivity index (χ3n) is 3.10. The Hall–Kier alpha value is -0.380. The summed E-state index contributed by atoms with van der Waals surface area (Å²) in [6.45, 7) is 4.07. The van der Waals surface area contributed by atoms with Crippen molar-refractivity contribution < 1.29 is 9.84 Å². The van der Waals surface area contributed by atoms with Crippen LogP contribution in [0.2, 0.25) is 0 Å². The maximum atomic E-state index is 9.17. The van der Waals surface area contributed by atoms with Gasteiger partial charge >= 0.3 is 0 Å². The van der Waals surface area contributed by atoms with Gasteiger partial charge in [-0.1, -0.05) is 6.08 Å². The van der Waals surface area contributed by atoms with Crippen LogP contribution in [-0.2, 0) is 4.74 Å². The Kier molecular flexibility index (Phi) is 3.56. The molecule has 80 valence electrons. The SMILES string of the molecule is OCC1CCCN1CC1=CCCOC1. The second kappa shape index (κ2) is 4.91. The van der Waals surface area contributed by atoms with E-state index in [1.165, 1.54) is 12.0 Å². The van der Waals surface area contributed by atoms with Crippen LogP contribution in [0.3, 0.4) is 0 Å². The lowest BCUT2D eigenvalue weighted by Crippen LogP contribution is -2.34. The first-order chi connectivity index (χ1) is 6.90. The summed E-state index contributed by atoms with van der Waals surface area (Å²) >= 11 is 0. The zero-order valence-corrected chi connectivity index (χ0v) is 8.61. The molecule has 0 amide bonds. The molecular weight excluding hydrogens is 178 g/mol. The van der Waals surface area contributed by atoms with Crippen LogP contribution < -0.4 is 0 Å². The summed E-state index contributed by atoms with van der Waals surface area (Å²) in [4.78, 5) is 2.38. The summed E-state index contributed by atoms with van der Waals surface area (Å²) in [5.41, 5.74) is 1.39. The van der Waals surface area contributed by atoms with E-state index in [4.69, 9.17) is 4.74 Å². The minimum Gasteiger partial charge on any atom is -0.395 e. The number of nitrogens with zero attached hydrogens (tertiary/aromatic N) is 1. The van der Waals surface area contributed by atoms with Gasteiger partial charge in [0.15, 0.2) is 0 Å². The van der Waals surface area contributed by atoms with E-state index in [0.29, 0.717) is 12.6 Å². The van der Waals surface area contributed by atoms with E-state index in [1.54, 1.807) is 0 Å². The fourth-order valence-corrected chi connectivity index (χ4v) is 2.29. The van der Waals surface area contributed by atoms with E-state index in [9.17, 15) is 5.11 Å². The minimum atomic E-state index is 0.300. The summed E-state index contributed by atoms with van der Waals surface area (Å²) < 4.78 is 5.40. The maximum Gasteiger partial charge on any atom is 0.0689 e. The third kappa shape index (κ3) is 2.35. The van der Waals surface area contributed by atoms with Gasteiger partial charge in [0.1, 0.15) is 0 Å². The number of ether oxygens (including phenoxy) is 1. The summed E-state index contributed by atoms with van der Waals surface area (Å²) in [5.74, 6) is 0. The standard InChI is InChI=1S/C11H19NO2/c13-8-11-4-1-5-12(11)7-10-3-2-6-14-9-10/h3,11,13H,1-2,4-9H2. The van der Waals surface area contributed by atoms with Crippen molar-refractivity contribution in [2.75, 3.05) is 32.9 Å². The van der Waals surface area contributed by atoms with Crippen LogP contribution in [0, 0.1) is 0 Å². The molecule has 2 aliphatic heterocycles. The van der Waals surface area contributed by atoms with Crippen molar-refractivity contribution in [3.8, 4) is 0 Å². The van der Waals surface area contributed by atoms with Crippen molar-refractivity contribution in [1.29, 1.82) is 0 Å². The largest absolute Gasteiger partial charge is 0.395 e. The number of aliphatic hydroxyl groups is 1. The lowest BCUT2D eigenvalue weighted by Gasteiger charge is -2.25. The molecule has 0 aromatic heterocycles. The van der Waals surface area contributed by atoms with Crippen LogP contribution in [0.1, 0.15) is 19.3 Å². The molecule has 0 spiro atoms. The van der Waals surface area contributed by atoms with Gasteiger partial charge in [-0.2, -0.15) is 0 Å². The second-order valence-corrected chi connectivity index (χ2v) is 4.15. The van der Waals surface area contributed by atoms with Crippen molar-refractivity contribution >= 4 is 0 Å². The highest BCUT2D eigenvalue weighted by Crippen LogP contribution is 2.19. The molecule has 1 atom stereocenters. The molecule has 14 heavy (non-hydrogen) atoms. The smallest absolute Gasteiger partial charge is 0.0689 e. The Labute approximate surface area is 85.4 Å². The first-order valence-corrected chi connectivity index (χ1v) is 5.50. The van der Waals surface area contributed by atoms with E-state index in [-0.39, 0.29) is 0 Å². The van der Waals surface area contributed by atoms with Gasteiger partial charge in [-0.3, -0.25) is 4.90 Å². The quantitative estimate of drug-likeness (QED) is 0.679. The van der Waals surface area contributed by atoms with Gasteiger partial charge in [-0.15, -0.1) is 0 Å². The van der Waals surface area contributed by atoms with Gasteiger partial charge in [0, 0.05) is 12.6 Å². The van der Waals surface area contributed by atoms with Crippen molar-refractivity contribution in [2.24, 2.45) is 0 Å². The molecule has 2 heterocycles. The van der Waals surface area contributed by atoms with E-state index in [1.807, 2.05) is 0 Å². The number of hydrogen-bond acceptors (Lipinski definition) is 3. The van der Waals surface area contributed by atoms with Crippen LogP contribution in [0.5, 0.6) is 0 Å². The Bertz CT molecular complexity index is 215. The molecule has 1 N–H and O–H groups in total. The van der Waals surface area contributed by atoms with Crippen molar-refractivity contribution in [3.63, 3.8) is 0 Å². The van der Waals surface area contributed by atoms with E-state index in [2.05, 4.69) is 11.0 Å². The monoisotopic (exact) mass is 197 g/mol. The molecule has 3 nitrogen and oxygen atoms in total. The molecule has 0 aliphatic carbocycles. The van der Waals surface area contributed by atoms with Gasteiger partial charge in [0.05, 0.1) is 19.8 Å². The molecule has 1 unspecified atom stereocenters. The highest BCUT2D eigenvalue weighted by atomic mass is 16.5. The van der Waals surface area contributed by atoms with Gasteiger partial charge in [0.25, 0.3) is 0 Å². The third-order valence-corrected chi connectivity index (χ3v) is 3.10. The van der Waals surface area contributed by atoms with Gasteiger partial charge in [-0.05, 0) is 31.4 Å². The molecule has 0 aromatic carbocycles. The Morgan fingerprint density at radius 1 is 1.57 bits per heavy atom. The molecular formula is C11H19NO2. The molecule has 2 rings (SSSR count). The molecule has 0 radical (unpaired) electrons. The van der Waals surface area contributed by atoms with Gasteiger partial charge < -0.3 is 9.84 Å². The van der Waals surface area contributed by atoms with Gasteiger partial charge in [-0.25, -0.2) is 0 Å². The normalized spacial score (nSPS) is 29.2. The van der Waals surface area contributed by atoms with Crippen LogP contribution in [0.25, 0.3) is 0 Å². The zero-order valence-electron chi connectivity index (χ0n) is 8.61. The second-order valence-electron chi connectivity index (χ2n) is 4.15. The van der Waals surface area contributed by atoms with Crippen LogP contribution in [0.15, 0.2) is 11.6 Å². The fraction of sp³-hybridized carbons (Fsp3) is 0.818. The summed E-state index contributed by atoms with van der Waals surface area (Å²) in [6.07, 6.45) is 5.70. The first-order valence-electron chi connectivity index (χ1n) is 5.50. The Morgan fingerprint density at radius 3 is 3.21 bits per heavy atom. The predicted octanol–water partition coefficient (Wildman–Crippen LogP) is 0.790. The molecule has 1 fully saturated rings.